The summed E-state index contributed by atoms with van der Waals surface area (Å²) in [6.45, 7) is 0. The van der Waals surface area contributed by atoms with Crippen LogP contribution in [0.15, 0.2) is 125 Å². The van der Waals surface area contributed by atoms with Crippen molar-refractivity contribution < 1.29 is 9.82 Å². The highest BCUT2D eigenvalue weighted by atomic mass is 35.5. The molecule has 4 aromatic rings. The van der Waals surface area contributed by atoms with Crippen LogP contribution in [0.2, 0.25) is 5.02 Å². The number of fused-ring (bicyclic) bond motifs is 1. The molecule has 1 amide bonds. The molecule has 0 atom stereocenters. The van der Waals surface area contributed by atoms with Gasteiger partial charge in [0, 0.05) is 27.6 Å². The van der Waals surface area contributed by atoms with Crippen LogP contribution in [0, 0.1) is 0 Å². The Kier molecular flexibility index (Phi) is 9.01. The molecule has 5 rings (SSSR count). The van der Waals surface area contributed by atoms with Crippen LogP contribution in [-0.4, -0.2) is 27.2 Å². The van der Waals surface area contributed by atoms with E-state index in [9.17, 15) is 9.82 Å². The minimum absolute atomic E-state index is 0.229. The number of carbonyl (C=O) groups is 1. The van der Waals surface area contributed by atoms with E-state index in [1.54, 1.807) is 24.3 Å². The Morgan fingerprint density at radius 2 is 1.56 bits per heavy atom. The Labute approximate surface area is 241 Å². The predicted octanol–water partition coefficient (Wildman–Crippen LogP) is 6.49. The van der Waals surface area contributed by atoms with Crippen molar-refractivity contribution in [2.45, 2.75) is 5.75 Å². The lowest BCUT2D eigenvalue weighted by Crippen LogP contribution is -2.27. The molecule has 0 fully saturated rings. The first kappa shape index (κ1) is 27.0. The van der Waals surface area contributed by atoms with E-state index in [1.807, 2.05) is 91.0 Å². The Bertz CT molecular complexity index is 1550. The summed E-state index contributed by atoms with van der Waals surface area (Å²) < 4.78 is 0.598. The molecular weight excluding hydrogens is 545 g/mol. The van der Waals surface area contributed by atoms with E-state index in [4.69, 9.17) is 11.6 Å². The third kappa shape index (κ3) is 7.10. The van der Waals surface area contributed by atoms with Crippen LogP contribution in [0.25, 0.3) is 5.57 Å². The average molecular weight is 568 g/mol. The first-order valence-electron chi connectivity index (χ1n) is 12.2. The van der Waals surface area contributed by atoms with Crippen molar-refractivity contribution in [3.05, 3.63) is 137 Å². The Balaban J connectivity index is 1.52. The van der Waals surface area contributed by atoms with Gasteiger partial charge in [0.1, 0.15) is 4.38 Å². The van der Waals surface area contributed by atoms with E-state index in [0.717, 1.165) is 16.6 Å². The predicted molar refractivity (Wildman–Crippen MR) is 168 cm³/mol. The summed E-state index contributed by atoms with van der Waals surface area (Å²) in [6.07, 6.45) is 0.922. The molecule has 0 aromatic heterocycles. The van der Waals surface area contributed by atoms with Gasteiger partial charge < -0.3 is 10.3 Å². The standard InChI is InChI=1S/C30H23BClN3O2S2/c32-24-16-17-27-25(18-24)26(29(36)33-27)19-28(22-12-6-2-7-13-22)34-35-30(38-20-21-10-4-1-5-11-21)39-31(37)23-14-8-3-9-15-23/h1-19,37H,20H2,(H,33,36)/b26-19-,34-28+,35-30-. The molecule has 5 nitrogen and oxygen atoms in total. The van der Waals surface area contributed by atoms with Gasteiger partial charge in [-0.3, -0.25) is 4.79 Å². The Morgan fingerprint density at radius 3 is 2.28 bits per heavy atom. The molecule has 1 aliphatic heterocycles. The molecule has 4 aromatic carbocycles. The highest BCUT2D eigenvalue weighted by molar-refractivity contribution is 8.50. The number of hydrogen-bond donors (Lipinski definition) is 2. The zero-order valence-electron chi connectivity index (χ0n) is 20.7. The largest absolute Gasteiger partial charge is 0.438 e. The van der Waals surface area contributed by atoms with Gasteiger partial charge >= 0.3 is 6.19 Å². The van der Waals surface area contributed by atoms with Crippen molar-refractivity contribution in [2.75, 3.05) is 5.32 Å². The number of rotatable bonds is 7. The van der Waals surface area contributed by atoms with E-state index in [1.165, 1.54) is 23.4 Å². The third-order valence-corrected chi connectivity index (χ3v) is 8.32. The molecule has 0 saturated heterocycles. The van der Waals surface area contributed by atoms with Crippen LogP contribution >= 0.6 is 35.0 Å². The maximum Gasteiger partial charge on any atom is 0.401 e. The molecular formula is C30H23BClN3O2S2. The molecule has 39 heavy (non-hydrogen) atoms. The normalized spacial score (nSPS) is 14.3. The van der Waals surface area contributed by atoms with E-state index < -0.39 is 6.19 Å². The lowest BCUT2D eigenvalue weighted by atomic mass is 9.87. The number of thioether (sulfide) groups is 1. The topological polar surface area (TPSA) is 74.0 Å². The molecule has 1 heterocycles. The van der Waals surface area contributed by atoms with Crippen LogP contribution in [-0.2, 0) is 10.5 Å². The van der Waals surface area contributed by atoms with Crippen LogP contribution in [0.3, 0.4) is 0 Å². The minimum atomic E-state index is -0.809. The summed E-state index contributed by atoms with van der Waals surface area (Å²) in [4.78, 5) is 12.9. The van der Waals surface area contributed by atoms with E-state index in [-0.39, 0.29) is 5.91 Å². The lowest BCUT2D eigenvalue weighted by Gasteiger charge is -2.09. The van der Waals surface area contributed by atoms with Gasteiger partial charge in [-0.2, -0.15) is 0 Å². The quantitative estimate of drug-likeness (QED) is 0.0880. The second-order valence-electron chi connectivity index (χ2n) is 8.57. The molecule has 0 bridgehead atoms. The van der Waals surface area contributed by atoms with Crippen LogP contribution in [0.5, 0.6) is 0 Å². The third-order valence-electron chi connectivity index (χ3n) is 5.86. The molecule has 0 unspecified atom stereocenters. The number of carbonyl (C=O) groups excluding carboxylic acids is 1. The van der Waals surface area contributed by atoms with Crippen molar-refractivity contribution in [1.29, 1.82) is 0 Å². The van der Waals surface area contributed by atoms with Crippen molar-refractivity contribution in [1.82, 2.24) is 0 Å². The number of nitrogens with zero attached hydrogens (tertiary/aromatic N) is 2. The van der Waals surface area contributed by atoms with E-state index >= 15 is 0 Å². The zero-order chi connectivity index (χ0) is 27.0. The first-order valence-corrected chi connectivity index (χ1v) is 14.4. The molecule has 0 saturated carbocycles. The molecule has 192 valence electrons. The summed E-state index contributed by atoms with van der Waals surface area (Å²) in [5, 5.41) is 23.5. The number of nitrogens with one attached hydrogen (secondary N) is 1. The SMILES string of the molecule is O=C1Nc2ccc(Cl)cc2/C1=C/C(=N\N=C(\SCc1ccccc1)SB(O)c1ccccc1)c1ccccc1. The van der Waals surface area contributed by atoms with Crippen LogP contribution < -0.4 is 10.8 Å². The fourth-order valence-corrected chi connectivity index (χ4v) is 5.95. The molecule has 1 aliphatic rings. The summed E-state index contributed by atoms with van der Waals surface area (Å²) in [5.74, 6) is 0.437. The van der Waals surface area contributed by atoms with Crippen molar-refractivity contribution in [2.24, 2.45) is 10.2 Å². The van der Waals surface area contributed by atoms with E-state index in [2.05, 4.69) is 15.5 Å². The van der Waals surface area contributed by atoms with Gasteiger partial charge in [-0.15, -0.1) is 21.8 Å². The zero-order valence-corrected chi connectivity index (χ0v) is 23.1. The highest BCUT2D eigenvalue weighted by Crippen LogP contribution is 2.34. The second kappa shape index (κ2) is 13.0. The van der Waals surface area contributed by atoms with Crippen molar-refractivity contribution >= 4 is 73.9 Å². The van der Waals surface area contributed by atoms with Gasteiger partial charge in [-0.25, -0.2) is 0 Å². The number of benzene rings is 4. The van der Waals surface area contributed by atoms with Crippen molar-refractivity contribution in [3.63, 3.8) is 0 Å². The monoisotopic (exact) mass is 567 g/mol. The van der Waals surface area contributed by atoms with Gasteiger partial charge in [0.2, 0.25) is 0 Å². The number of amides is 1. The fraction of sp³-hybridized carbons (Fsp3) is 0.0333. The van der Waals surface area contributed by atoms with Crippen molar-refractivity contribution in [3.8, 4) is 0 Å². The molecule has 9 heteroatoms. The Morgan fingerprint density at radius 1 is 0.897 bits per heavy atom. The van der Waals surface area contributed by atoms with Crippen LogP contribution in [0.1, 0.15) is 16.7 Å². The van der Waals surface area contributed by atoms with Gasteiger partial charge in [0.05, 0.1) is 11.3 Å². The second-order valence-corrected chi connectivity index (χ2v) is 11.3. The van der Waals surface area contributed by atoms with E-state index in [0.29, 0.717) is 37.7 Å². The first-order chi connectivity index (χ1) is 19.1. The number of allylic oxidation sites excluding steroid dienone is 1. The number of anilines is 1. The molecule has 0 spiro atoms. The molecule has 0 aliphatic carbocycles. The summed E-state index contributed by atoms with van der Waals surface area (Å²) >= 11 is 8.96. The molecule has 2 N–H and O–H groups in total. The summed E-state index contributed by atoms with van der Waals surface area (Å²) in [6, 6.07) is 34.4. The van der Waals surface area contributed by atoms with Gasteiger partial charge in [-0.1, -0.05) is 114 Å². The lowest BCUT2D eigenvalue weighted by molar-refractivity contribution is -0.110. The maximum atomic E-state index is 12.9. The summed E-state index contributed by atoms with van der Waals surface area (Å²) in [5.41, 5.74) is 5.11. The summed E-state index contributed by atoms with van der Waals surface area (Å²) in [7, 11) is 0. The van der Waals surface area contributed by atoms with Gasteiger partial charge in [0.25, 0.3) is 5.91 Å². The van der Waals surface area contributed by atoms with Gasteiger partial charge in [-0.05, 0) is 35.3 Å². The number of hydrogen-bond acceptors (Lipinski definition) is 6. The number of halogens is 1. The average Bonchev–Trinajstić information content (AvgIpc) is 3.28. The fourth-order valence-electron chi connectivity index (χ4n) is 3.90. The Hall–Kier alpha value is -3.56. The molecule has 0 radical (unpaired) electrons. The maximum absolute atomic E-state index is 12.9. The smallest absolute Gasteiger partial charge is 0.401 e. The van der Waals surface area contributed by atoms with Gasteiger partial charge in [0.15, 0.2) is 0 Å². The highest BCUT2D eigenvalue weighted by Gasteiger charge is 2.25. The van der Waals surface area contributed by atoms with Crippen LogP contribution in [0.4, 0.5) is 5.69 Å². The minimum Gasteiger partial charge on any atom is -0.438 e.